The molecule has 0 bridgehead atoms. The lowest BCUT2D eigenvalue weighted by molar-refractivity contribution is 0.867. The summed E-state index contributed by atoms with van der Waals surface area (Å²) >= 11 is 3.68. The van der Waals surface area contributed by atoms with Gasteiger partial charge >= 0.3 is 0 Å². The van der Waals surface area contributed by atoms with Crippen LogP contribution in [0.25, 0.3) is 0 Å². The molecule has 0 aliphatic carbocycles. The fraction of sp³-hybridized carbons (Fsp3) is 0.176. The highest BCUT2D eigenvalue weighted by atomic mass is 32.1. The van der Waals surface area contributed by atoms with Crippen molar-refractivity contribution >= 4 is 44.4 Å². The maximum Gasteiger partial charge on any atom is 0.266 e. The summed E-state index contributed by atoms with van der Waals surface area (Å²) in [5.41, 5.74) is 2.80. The molecule has 0 atom stereocenters. The summed E-state index contributed by atoms with van der Waals surface area (Å²) in [4.78, 5) is 0. The molecular weight excluding hydrogens is 279 g/mol. The van der Waals surface area contributed by atoms with Crippen LogP contribution in [0.1, 0.15) is 25.3 Å². The zero-order chi connectivity index (χ0) is 13.9. The van der Waals surface area contributed by atoms with Crippen molar-refractivity contribution in [3.8, 4) is 0 Å². The van der Waals surface area contributed by atoms with E-state index in [2.05, 4.69) is 73.1 Å². The summed E-state index contributed by atoms with van der Waals surface area (Å²) in [6, 6.07) is 17.9. The number of rotatable bonds is 4. The first kappa shape index (κ1) is 13.7. The quantitative estimate of drug-likeness (QED) is 0.647. The molecule has 0 saturated heterocycles. The Morgan fingerprint density at radius 3 is 1.75 bits per heavy atom. The van der Waals surface area contributed by atoms with Crippen LogP contribution in [0.3, 0.4) is 0 Å². The van der Waals surface area contributed by atoms with Crippen LogP contribution in [0.4, 0.5) is 0 Å². The molecule has 0 saturated carbocycles. The Balaban J connectivity index is 2.02. The molecule has 0 spiro atoms. The summed E-state index contributed by atoms with van der Waals surface area (Å²) in [6.07, 6.45) is 0. The number of hydrogen-bond acceptors (Lipinski definition) is 2. The molecule has 2 heterocycles. The highest BCUT2D eigenvalue weighted by Gasteiger charge is 2.23. The van der Waals surface area contributed by atoms with Gasteiger partial charge in [0.2, 0.25) is 0 Å². The topological polar surface area (TPSA) is 0 Å². The smallest absolute Gasteiger partial charge is 0.158 e. The van der Waals surface area contributed by atoms with Gasteiger partial charge in [-0.15, -0.1) is 0 Å². The molecule has 0 N–H and O–H groups in total. The van der Waals surface area contributed by atoms with Crippen LogP contribution >= 0.6 is 22.7 Å². The van der Waals surface area contributed by atoms with Crippen LogP contribution in [0, 0.1) is 0 Å². The molecule has 20 heavy (non-hydrogen) atoms. The standard InChI is InChI=1S/C17H17BS2/c1-13(2)14-7-9-15(10-8-14)18(16-5-3-11-19-16)17-6-4-12-20-17/h3-13H,1-2H3. The average Bonchev–Trinajstić information content (AvgIpc) is 3.13. The average molecular weight is 296 g/mol. The van der Waals surface area contributed by atoms with Gasteiger partial charge in [-0.05, 0) is 31.8 Å². The minimum Gasteiger partial charge on any atom is -0.158 e. The molecule has 0 amide bonds. The largest absolute Gasteiger partial charge is 0.266 e. The zero-order valence-corrected chi connectivity index (χ0v) is 13.4. The van der Waals surface area contributed by atoms with E-state index >= 15 is 0 Å². The van der Waals surface area contributed by atoms with Gasteiger partial charge in [0.25, 0.3) is 6.71 Å². The first-order valence-electron chi connectivity index (χ1n) is 6.92. The fourth-order valence-electron chi connectivity index (χ4n) is 2.45. The van der Waals surface area contributed by atoms with Crippen molar-refractivity contribution in [2.45, 2.75) is 19.8 Å². The highest BCUT2D eigenvalue weighted by Crippen LogP contribution is 2.12. The Labute approximate surface area is 129 Å². The van der Waals surface area contributed by atoms with E-state index in [0.717, 1.165) is 0 Å². The van der Waals surface area contributed by atoms with Crippen molar-refractivity contribution in [1.82, 2.24) is 0 Å². The lowest BCUT2D eigenvalue weighted by Crippen LogP contribution is -2.49. The van der Waals surface area contributed by atoms with E-state index in [0.29, 0.717) is 12.6 Å². The van der Waals surface area contributed by atoms with Crippen LogP contribution in [0.15, 0.2) is 59.3 Å². The Morgan fingerprint density at radius 1 is 0.800 bits per heavy atom. The van der Waals surface area contributed by atoms with Gasteiger partial charge in [-0.3, -0.25) is 0 Å². The second-order valence-electron chi connectivity index (χ2n) is 5.29. The van der Waals surface area contributed by atoms with Gasteiger partial charge in [0, 0.05) is 0 Å². The summed E-state index contributed by atoms with van der Waals surface area (Å²) in [6.45, 7) is 4.87. The maximum atomic E-state index is 2.29. The molecule has 100 valence electrons. The summed E-state index contributed by atoms with van der Waals surface area (Å²) in [7, 11) is 0. The van der Waals surface area contributed by atoms with Crippen LogP contribution in [-0.2, 0) is 0 Å². The summed E-state index contributed by atoms with van der Waals surface area (Å²) in [5.74, 6) is 0.589. The van der Waals surface area contributed by atoms with Crippen molar-refractivity contribution in [3.63, 3.8) is 0 Å². The second-order valence-corrected chi connectivity index (χ2v) is 7.24. The maximum absolute atomic E-state index is 2.29. The molecule has 0 radical (unpaired) electrons. The third kappa shape index (κ3) is 2.74. The van der Waals surface area contributed by atoms with Crippen molar-refractivity contribution < 1.29 is 0 Å². The van der Waals surface area contributed by atoms with E-state index in [1.54, 1.807) is 0 Å². The van der Waals surface area contributed by atoms with Crippen molar-refractivity contribution in [2.75, 3.05) is 0 Å². The Morgan fingerprint density at radius 2 is 1.35 bits per heavy atom. The van der Waals surface area contributed by atoms with Gasteiger partial charge in [0.15, 0.2) is 0 Å². The van der Waals surface area contributed by atoms with Crippen molar-refractivity contribution in [2.24, 2.45) is 0 Å². The van der Waals surface area contributed by atoms with Gasteiger partial charge in [0.05, 0.1) is 0 Å². The van der Waals surface area contributed by atoms with Crippen LogP contribution in [0.2, 0.25) is 0 Å². The van der Waals surface area contributed by atoms with E-state index in [1.807, 2.05) is 22.7 Å². The van der Waals surface area contributed by atoms with Gasteiger partial charge in [-0.1, -0.05) is 67.8 Å². The molecule has 0 nitrogen and oxygen atoms in total. The number of benzene rings is 1. The van der Waals surface area contributed by atoms with Gasteiger partial charge in [-0.2, -0.15) is 22.7 Å². The molecule has 3 heteroatoms. The first-order valence-corrected chi connectivity index (χ1v) is 8.68. The van der Waals surface area contributed by atoms with E-state index in [4.69, 9.17) is 0 Å². The lowest BCUT2D eigenvalue weighted by Gasteiger charge is -2.12. The zero-order valence-electron chi connectivity index (χ0n) is 11.7. The fourth-order valence-corrected chi connectivity index (χ4v) is 4.27. The highest BCUT2D eigenvalue weighted by molar-refractivity contribution is 7.33. The second kappa shape index (κ2) is 5.98. The number of thiophene rings is 2. The van der Waals surface area contributed by atoms with E-state index in [1.165, 1.54) is 20.6 Å². The van der Waals surface area contributed by atoms with Crippen molar-refractivity contribution in [1.29, 1.82) is 0 Å². The Hall–Kier alpha value is -1.32. The molecule has 1 aromatic carbocycles. The van der Waals surface area contributed by atoms with E-state index in [-0.39, 0.29) is 0 Å². The van der Waals surface area contributed by atoms with E-state index < -0.39 is 0 Å². The molecule has 2 aromatic heterocycles. The van der Waals surface area contributed by atoms with Crippen LogP contribution in [0.5, 0.6) is 0 Å². The minimum atomic E-state index is 0.385. The normalized spacial score (nSPS) is 10.9. The third-order valence-corrected chi connectivity index (χ3v) is 5.47. The molecular formula is C17H17BS2. The monoisotopic (exact) mass is 296 g/mol. The van der Waals surface area contributed by atoms with Gasteiger partial charge in [-0.25, -0.2) is 0 Å². The molecule has 3 rings (SSSR count). The lowest BCUT2D eigenvalue weighted by atomic mass is 9.43. The Bertz CT molecular complexity index is 603. The van der Waals surface area contributed by atoms with Gasteiger partial charge in [0.1, 0.15) is 0 Å². The molecule has 0 fully saturated rings. The summed E-state index contributed by atoms with van der Waals surface area (Å²) in [5, 5.41) is 4.33. The molecule has 0 aliphatic heterocycles. The van der Waals surface area contributed by atoms with Crippen LogP contribution < -0.4 is 15.0 Å². The third-order valence-electron chi connectivity index (χ3n) is 3.59. The summed E-state index contributed by atoms with van der Waals surface area (Å²) < 4.78 is 2.84. The first-order chi connectivity index (χ1) is 9.75. The SMILES string of the molecule is CC(C)c1ccc(B(c2cccs2)c2cccs2)cc1. The predicted molar refractivity (Wildman–Crippen MR) is 93.8 cm³/mol. The molecule has 3 aromatic rings. The van der Waals surface area contributed by atoms with E-state index in [9.17, 15) is 0 Å². The Kier molecular flexibility index (Phi) is 4.09. The minimum absolute atomic E-state index is 0.385. The predicted octanol–water partition coefficient (Wildman–Crippen LogP) is 3.45. The van der Waals surface area contributed by atoms with Gasteiger partial charge < -0.3 is 0 Å². The van der Waals surface area contributed by atoms with Crippen LogP contribution in [-0.4, -0.2) is 6.71 Å². The molecule has 0 aliphatic rings. The molecule has 0 unspecified atom stereocenters. The number of hydrogen-bond donors (Lipinski definition) is 0. The van der Waals surface area contributed by atoms with Crippen molar-refractivity contribution in [3.05, 3.63) is 64.9 Å².